The van der Waals surface area contributed by atoms with Crippen LogP contribution in [0.1, 0.15) is 18.9 Å². The van der Waals surface area contributed by atoms with Crippen LogP contribution in [0.15, 0.2) is 36.5 Å². The summed E-state index contributed by atoms with van der Waals surface area (Å²) in [5, 5.41) is 9.91. The van der Waals surface area contributed by atoms with Gasteiger partial charge < -0.3 is 0 Å². The maximum absolute atomic E-state index is 9.04. The predicted molar refractivity (Wildman–Crippen MR) is 66.2 cm³/mol. The highest BCUT2D eigenvalue weighted by molar-refractivity contribution is 7.15. The fraction of sp³-hybridized carbons (Fsp3) is 0.231. The Hall–Kier alpha value is -1.66. The van der Waals surface area contributed by atoms with Gasteiger partial charge in [0, 0.05) is 6.20 Å². The summed E-state index contributed by atoms with van der Waals surface area (Å²) < 4.78 is 0. The molecule has 0 unspecified atom stereocenters. The molecule has 0 radical (unpaired) electrons. The smallest absolute Gasteiger partial charge is 0.113 e. The minimum absolute atomic E-state index is 0.502. The van der Waals surface area contributed by atoms with Gasteiger partial charge in [0.1, 0.15) is 10.4 Å². The van der Waals surface area contributed by atoms with E-state index in [2.05, 4.69) is 23.2 Å². The van der Waals surface area contributed by atoms with E-state index in [1.165, 1.54) is 0 Å². The molecule has 0 saturated carbocycles. The van der Waals surface area contributed by atoms with E-state index in [0.29, 0.717) is 0 Å². The Morgan fingerprint density at radius 3 is 2.56 bits per heavy atom. The topological polar surface area (TPSA) is 36.7 Å². The highest BCUT2D eigenvalue weighted by atomic mass is 32.1. The standard InChI is InChI=1S/C13H12N2S/c1-13(2,9-14)12-15-8-11(16-12)10-6-4-3-5-7-10/h3-8H,1-2H3. The Morgan fingerprint density at radius 1 is 1.25 bits per heavy atom. The number of hydrogen-bond acceptors (Lipinski definition) is 3. The van der Waals surface area contributed by atoms with Gasteiger partial charge in [-0.1, -0.05) is 30.3 Å². The molecule has 0 atom stereocenters. The lowest BCUT2D eigenvalue weighted by atomic mass is 9.97. The van der Waals surface area contributed by atoms with Crippen LogP contribution in [0.2, 0.25) is 0 Å². The van der Waals surface area contributed by atoms with Crippen LogP contribution in [0.25, 0.3) is 10.4 Å². The minimum Gasteiger partial charge on any atom is -0.247 e. The van der Waals surface area contributed by atoms with E-state index < -0.39 is 5.41 Å². The van der Waals surface area contributed by atoms with Gasteiger partial charge >= 0.3 is 0 Å². The van der Waals surface area contributed by atoms with Crippen molar-refractivity contribution in [2.75, 3.05) is 0 Å². The second-order valence-corrected chi connectivity index (χ2v) is 5.16. The summed E-state index contributed by atoms with van der Waals surface area (Å²) in [6, 6.07) is 12.4. The molecule has 2 rings (SSSR count). The van der Waals surface area contributed by atoms with E-state index in [1.54, 1.807) is 11.3 Å². The van der Waals surface area contributed by atoms with Crippen LogP contribution in [0.3, 0.4) is 0 Å². The second-order valence-electron chi connectivity index (χ2n) is 4.13. The van der Waals surface area contributed by atoms with Gasteiger partial charge in [-0.2, -0.15) is 5.26 Å². The van der Waals surface area contributed by atoms with Crippen molar-refractivity contribution in [3.05, 3.63) is 41.5 Å². The van der Waals surface area contributed by atoms with Crippen molar-refractivity contribution in [1.82, 2.24) is 4.98 Å². The number of aromatic nitrogens is 1. The molecule has 1 heterocycles. The number of benzene rings is 1. The first-order chi connectivity index (χ1) is 7.63. The maximum atomic E-state index is 9.04. The van der Waals surface area contributed by atoms with Gasteiger partial charge in [-0.05, 0) is 19.4 Å². The number of thiazole rings is 1. The van der Waals surface area contributed by atoms with Gasteiger partial charge in [-0.25, -0.2) is 4.98 Å². The molecule has 0 aliphatic carbocycles. The molecule has 1 aromatic heterocycles. The lowest BCUT2D eigenvalue weighted by Crippen LogP contribution is -2.12. The third kappa shape index (κ3) is 1.98. The average Bonchev–Trinajstić information content (AvgIpc) is 2.80. The fourth-order valence-electron chi connectivity index (χ4n) is 1.35. The van der Waals surface area contributed by atoms with Crippen LogP contribution < -0.4 is 0 Å². The molecule has 16 heavy (non-hydrogen) atoms. The Bertz CT molecular complexity index is 520. The molecule has 0 bridgehead atoms. The molecule has 2 aromatic rings. The maximum Gasteiger partial charge on any atom is 0.113 e. The van der Waals surface area contributed by atoms with Crippen LogP contribution in [0, 0.1) is 11.3 Å². The number of hydrogen-bond donors (Lipinski definition) is 0. The summed E-state index contributed by atoms with van der Waals surface area (Å²) in [4.78, 5) is 5.44. The Kier molecular flexibility index (Phi) is 2.76. The minimum atomic E-state index is -0.502. The van der Waals surface area contributed by atoms with Crippen molar-refractivity contribution >= 4 is 11.3 Å². The first-order valence-corrected chi connectivity index (χ1v) is 5.88. The van der Waals surface area contributed by atoms with Crippen LogP contribution >= 0.6 is 11.3 Å². The molecule has 0 N–H and O–H groups in total. The van der Waals surface area contributed by atoms with E-state index in [9.17, 15) is 0 Å². The van der Waals surface area contributed by atoms with E-state index in [4.69, 9.17) is 5.26 Å². The molecule has 0 fully saturated rings. The molecule has 1 aromatic carbocycles. The van der Waals surface area contributed by atoms with Crippen LogP contribution in [-0.4, -0.2) is 4.98 Å². The summed E-state index contributed by atoms with van der Waals surface area (Å²) in [7, 11) is 0. The van der Waals surface area contributed by atoms with E-state index >= 15 is 0 Å². The van der Waals surface area contributed by atoms with Gasteiger partial charge in [0.2, 0.25) is 0 Å². The summed E-state index contributed by atoms with van der Waals surface area (Å²) in [5.74, 6) is 0. The van der Waals surface area contributed by atoms with Gasteiger partial charge in [0.05, 0.1) is 10.9 Å². The third-order valence-electron chi connectivity index (χ3n) is 2.38. The lowest BCUT2D eigenvalue weighted by molar-refractivity contribution is 0.680. The zero-order valence-corrected chi connectivity index (χ0v) is 10.1. The number of rotatable bonds is 2. The molecule has 0 aliphatic rings. The van der Waals surface area contributed by atoms with Crippen molar-refractivity contribution in [1.29, 1.82) is 5.26 Å². The van der Waals surface area contributed by atoms with Crippen molar-refractivity contribution in [2.24, 2.45) is 0 Å². The largest absolute Gasteiger partial charge is 0.247 e. The van der Waals surface area contributed by atoms with Crippen molar-refractivity contribution in [3.8, 4) is 16.5 Å². The molecule has 2 nitrogen and oxygen atoms in total. The second kappa shape index (κ2) is 4.07. The van der Waals surface area contributed by atoms with Gasteiger partial charge in [-0.3, -0.25) is 0 Å². The first kappa shape index (κ1) is 10.8. The molecule has 3 heteroatoms. The van der Waals surface area contributed by atoms with Crippen LogP contribution in [-0.2, 0) is 5.41 Å². The van der Waals surface area contributed by atoms with E-state index in [-0.39, 0.29) is 0 Å². The lowest BCUT2D eigenvalue weighted by Gasteiger charge is -2.09. The monoisotopic (exact) mass is 228 g/mol. The molecular weight excluding hydrogens is 216 g/mol. The zero-order valence-electron chi connectivity index (χ0n) is 9.27. The first-order valence-electron chi connectivity index (χ1n) is 5.06. The van der Waals surface area contributed by atoms with Crippen LogP contribution in [0.5, 0.6) is 0 Å². The quantitative estimate of drug-likeness (QED) is 0.787. The zero-order chi connectivity index (χ0) is 11.6. The Labute approximate surface area is 99.2 Å². The summed E-state index contributed by atoms with van der Waals surface area (Å²) >= 11 is 1.58. The van der Waals surface area contributed by atoms with Crippen molar-refractivity contribution < 1.29 is 0 Å². The highest BCUT2D eigenvalue weighted by Crippen LogP contribution is 2.32. The van der Waals surface area contributed by atoms with Gasteiger partial charge in [-0.15, -0.1) is 11.3 Å². The SMILES string of the molecule is CC(C)(C#N)c1ncc(-c2ccccc2)s1. The highest BCUT2D eigenvalue weighted by Gasteiger charge is 2.23. The van der Waals surface area contributed by atoms with Gasteiger partial charge in [0.15, 0.2) is 0 Å². The normalized spacial score (nSPS) is 11.1. The summed E-state index contributed by atoms with van der Waals surface area (Å²) in [5.41, 5.74) is 0.650. The molecule has 80 valence electrons. The van der Waals surface area contributed by atoms with E-state index in [0.717, 1.165) is 15.4 Å². The average molecular weight is 228 g/mol. The number of nitrogens with zero attached hydrogens (tertiary/aromatic N) is 2. The summed E-state index contributed by atoms with van der Waals surface area (Å²) in [6.07, 6.45) is 1.84. The van der Waals surface area contributed by atoms with Crippen molar-refractivity contribution in [2.45, 2.75) is 19.3 Å². The predicted octanol–water partition coefficient (Wildman–Crippen LogP) is 3.61. The Morgan fingerprint density at radius 2 is 1.94 bits per heavy atom. The molecule has 0 aliphatic heterocycles. The molecule has 0 saturated heterocycles. The fourth-order valence-corrected chi connectivity index (χ4v) is 2.32. The number of nitriles is 1. The van der Waals surface area contributed by atoms with Crippen LogP contribution in [0.4, 0.5) is 0 Å². The van der Waals surface area contributed by atoms with Gasteiger partial charge in [0.25, 0.3) is 0 Å². The summed E-state index contributed by atoms with van der Waals surface area (Å²) in [6.45, 7) is 3.78. The van der Waals surface area contributed by atoms with E-state index in [1.807, 2.05) is 38.2 Å². The van der Waals surface area contributed by atoms with Crippen molar-refractivity contribution in [3.63, 3.8) is 0 Å². The molecule has 0 amide bonds. The molecule has 0 spiro atoms. The molecular formula is C13H12N2S. The third-order valence-corrected chi connectivity index (χ3v) is 3.75. The Balaban J connectivity index is 2.39.